The van der Waals surface area contributed by atoms with Crippen molar-refractivity contribution < 1.29 is 9.90 Å². The molecule has 0 bridgehead atoms. The highest BCUT2D eigenvalue weighted by Gasteiger charge is 2.39. The fourth-order valence-electron chi connectivity index (χ4n) is 2.15. The first-order valence-electron chi connectivity index (χ1n) is 5.36. The fourth-order valence-corrected chi connectivity index (χ4v) is 2.15. The topological polar surface area (TPSA) is 66.6 Å². The number of rotatable bonds is 4. The second kappa shape index (κ2) is 3.51. The molecule has 0 aromatic rings. The lowest BCUT2D eigenvalue weighted by Crippen LogP contribution is -2.39. The molecule has 1 saturated carbocycles. The van der Waals surface area contributed by atoms with Crippen LogP contribution in [0.25, 0.3) is 0 Å². The highest BCUT2D eigenvalue weighted by atomic mass is 16.4. The quantitative estimate of drug-likeness (QED) is 0.687. The maximum atomic E-state index is 10.9. The summed E-state index contributed by atoms with van der Waals surface area (Å²) in [6.45, 7) is 1.78. The van der Waals surface area contributed by atoms with E-state index in [4.69, 9.17) is 10.8 Å². The van der Waals surface area contributed by atoms with Gasteiger partial charge in [-0.25, -0.2) is 0 Å². The lowest BCUT2D eigenvalue weighted by molar-refractivity contribution is -0.142. The summed E-state index contributed by atoms with van der Waals surface area (Å²) in [5, 5.41) is 8.96. The van der Waals surface area contributed by atoms with E-state index in [0.29, 0.717) is 0 Å². The van der Waals surface area contributed by atoms with Gasteiger partial charge in [-0.15, -0.1) is 0 Å². The van der Waals surface area contributed by atoms with Crippen LogP contribution in [0, 0.1) is 0 Å². The van der Waals surface area contributed by atoms with E-state index in [1.165, 1.54) is 0 Å². The molecule has 2 fully saturated rings. The second-order valence-corrected chi connectivity index (χ2v) is 4.64. The van der Waals surface area contributed by atoms with Gasteiger partial charge >= 0.3 is 5.97 Å². The van der Waals surface area contributed by atoms with Gasteiger partial charge in [0.2, 0.25) is 0 Å². The van der Waals surface area contributed by atoms with Crippen LogP contribution in [-0.4, -0.2) is 40.6 Å². The van der Waals surface area contributed by atoms with Crippen molar-refractivity contribution in [1.82, 2.24) is 4.90 Å². The van der Waals surface area contributed by atoms with Crippen molar-refractivity contribution in [1.29, 1.82) is 0 Å². The fraction of sp³-hybridized carbons (Fsp3) is 0.900. The van der Waals surface area contributed by atoms with Crippen LogP contribution in [0.15, 0.2) is 0 Å². The minimum atomic E-state index is -0.677. The summed E-state index contributed by atoms with van der Waals surface area (Å²) in [5.74, 6) is -0.677. The standard InChI is InChI=1S/C10H18N2O2/c11-10(3-4-10)5-7-12-6-1-2-8(12)9(13)14/h8H,1-7,11H2,(H,13,14). The van der Waals surface area contributed by atoms with Crippen molar-refractivity contribution in [3.63, 3.8) is 0 Å². The molecular weight excluding hydrogens is 180 g/mol. The Balaban J connectivity index is 1.81. The molecular formula is C10H18N2O2. The molecule has 1 aliphatic heterocycles. The zero-order valence-corrected chi connectivity index (χ0v) is 8.41. The Morgan fingerprint density at radius 2 is 2.29 bits per heavy atom. The van der Waals surface area contributed by atoms with Crippen LogP contribution in [0.4, 0.5) is 0 Å². The molecule has 80 valence electrons. The molecule has 1 aliphatic carbocycles. The van der Waals surface area contributed by atoms with E-state index < -0.39 is 5.97 Å². The van der Waals surface area contributed by atoms with Gasteiger partial charge in [-0.3, -0.25) is 9.69 Å². The van der Waals surface area contributed by atoms with Crippen molar-refractivity contribution in [3.05, 3.63) is 0 Å². The SMILES string of the molecule is NC1(CCN2CCCC2C(=O)O)CC1. The number of carboxylic acids is 1. The van der Waals surface area contributed by atoms with Crippen LogP contribution < -0.4 is 5.73 Å². The van der Waals surface area contributed by atoms with Gasteiger partial charge in [0.1, 0.15) is 6.04 Å². The van der Waals surface area contributed by atoms with Crippen LogP contribution in [0.3, 0.4) is 0 Å². The average molecular weight is 198 g/mol. The van der Waals surface area contributed by atoms with Gasteiger partial charge in [0.25, 0.3) is 0 Å². The number of carbonyl (C=O) groups is 1. The van der Waals surface area contributed by atoms with E-state index >= 15 is 0 Å². The van der Waals surface area contributed by atoms with Crippen molar-refractivity contribution in [2.24, 2.45) is 5.73 Å². The zero-order chi connectivity index (χ0) is 10.2. The Morgan fingerprint density at radius 1 is 1.57 bits per heavy atom. The Morgan fingerprint density at radius 3 is 2.86 bits per heavy atom. The van der Waals surface area contributed by atoms with Crippen LogP contribution in [-0.2, 0) is 4.79 Å². The van der Waals surface area contributed by atoms with Gasteiger partial charge < -0.3 is 10.8 Å². The van der Waals surface area contributed by atoms with E-state index in [9.17, 15) is 4.79 Å². The maximum absolute atomic E-state index is 10.9. The molecule has 0 amide bonds. The van der Waals surface area contributed by atoms with Gasteiger partial charge in [0, 0.05) is 12.1 Å². The van der Waals surface area contributed by atoms with Crippen molar-refractivity contribution >= 4 is 5.97 Å². The van der Waals surface area contributed by atoms with E-state index in [2.05, 4.69) is 4.90 Å². The first-order chi connectivity index (χ1) is 6.61. The van der Waals surface area contributed by atoms with Crippen LogP contribution in [0.5, 0.6) is 0 Å². The molecule has 0 aromatic heterocycles. The van der Waals surface area contributed by atoms with Gasteiger partial charge in [-0.1, -0.05) is 0 Å². The number of likely N-dealkylation sites (tertiary alicyclic amines) is 1. The van der Waals surface area contributed by atoms with Gasteiger partial charge in [0.05, 0.1) is 0 Å². The number of hydrogen-bond acceptors (Lipinski definition) is 3. The number of carboxylic acid groups (broad SMARTS) is 1. The molecule has 14 heavy (non-hydrogen) atoms. The molecule has 4 nitrogen and oxygen atoms in total. The molecule has 1 unspecified atom stereocenters. The Bertz CT molecular complexity index is 238. The molecule has 0 spiro atoms. The number of hydrogen-bond donors (Lipinski definition) is 2. The predicted octanol–water partition coefficient (Wildman–Crippen LogP) is 0.417. The molecule has 0 radical (unpaired) electrons. The van der Waals surface area contributed by atoms with Crippen molar-refractivity contribution in [3.8, 4) is 0 Å². The second-order valence-electron chi connectivity index (χ2n) is 4.64. The van der Waals surface area contributed by atoms with Gasteiger partial charge in [0.15, 0.2) is 0 Å². The first kappa shape index (κ1) is 9.93. The molecule has 1 heterocycles. The van der Waals surface area contributed by atoms with Crippen molar-refractivity contribution in [2.45, 2.75) is 43.7 Å². The normalized spacial score (nSPS) is 30.5. The zero-order valence-electron chi connectivity index (χ0n) is 8.41. The minimum absolute atomic E-state index is 0.0473. The third-order valence-electron chi connectivity index (χ3n) is 3.44. The predicted molar refractivity (Wildman–Crippen MR) is 53.0 cm³/mol. The summed E-state index contributed by atoms with van der Waals surface area (Å²) in [7, 11) is 0. The third kappa shape index (κ3) is 2.07. The molecule has 0 aromatic carbocycles. The van der Waals surface area contributed by atoms with Gasteiger partial charge in [-0.2, -0.15) is 0 Å². The van der Waals surface area contributed by atoms with Crippen LogP contribution in [0.1, 0.15) is 32.1 Å². The Labute approximate surface area is 84.1 Å². The maximum Gasteiger partial charge on any atom is 0.320 e. The lowest BCUT2D eigenvalue weighted by Gasteiger charge is -2.22. The Kier molecular flexibility index (Phi) is 2.49. The lowest BCUT2D eigenvalue weighted by atomic mass is 10.1. The molecule has 4 heteroatoms. The summed E-state index contributed by atoms with van der Waals surface area (Å²) in [6, 6.07) is -0.252. The third-order valence-corrected chi connectivity index (χ3v) is 3.44. The van der Waals surface area contributed by atoms with E-state index in [0.717, 1.165) is 45.2 Å². The van der Waals surface area contributed by atoms with Crippen LogP contribution in [0.2, 0.25) is 0 Å². The van der Waals surface area contributed by atoms with E-state index in [-0.39, 0.29) is 11.6 Å². The van der Waals surface area contributed by atoms with Crippen molar-refractivity contribution in [2.75, 3.05) is 13.1 Å². The van der Waals surface area contributed by atoms with Crippen LogP contribution >= 0.6 is 0 Å². The first-order valence-corrected chi connectivity index (χ1v) is 5.36. The minimum Gasteiger partial charge on any atom is -0.480 e. The number of nitrogens with zero attached hydrogens (tertiary/aromatic N) is 1. The molecule has 1 atom stereocenters. The smallest absolute Gasteiger partial charge is 0.320 e. The van der Waals surface area contributed by atoms with E-state index in [1.54, 1.807) is 0 Å². The molecule has 1 saturated heterocycles. The largest absolute Gasteiger partial charge is 0.480 e. The molecule has 3 N–H and O–H groups in total. The summed E-state index contributed by atoms with van der Waals surface area (Å²) in [6.07, 6.45) is 4.98. The highest BCUT2D eigenvalue weighted by molar-refractivity contribution is 5.73. The Hall–Kier alpha value is -0.610. The monoisotopic (exact) mass is 198 g/mol. The summed E-state index contributed by atoms with van der Waals surface area (Å²) >= 11 is 0. The highest BCUT2D eigenvalue weighted by Crippen LogP contribution is 2.36. The van der Waals surface area contributed by atoms with E-state index in [1.807, 2.05) is 0 Å². The van der Waals surface area contributed by atoms with Gasteiger partial charge in [-0.05, 0) is 38.6 Å². The molecule has 2 rings (SSSR count). The summed E-state index contributed by atoms with van der Waals surface area (Å²) in [4.78, 5) is 12.9. The molecule has 2 aliphatic rings. The number of aliphatic carboxylic acids is 1. The number of nitrogens with two attached hydrogens (primary N) is 1. The average Bonchev–Trinajstić information content (AvgIpc) is 2.68. The summed E-state index contributed by atoms with van der Waals surface area (Å²) in [5.41, 5.74) is 6.02. The summed E-state index contributed by atoms with van der Waals surface area (Å²) < 4.78 is 0.